The predicted molar refractivity (Wildman–Crippen MR) is 128 cm³/mol. The molecule has 0 saturated heterocycles. The van der Waals surface area contributed by atoms with E-state index in [0.717, 1.165) is 12.3 Å². The lowest BCUT2D eigenvalue weighted by atomic mass is 10.1. The second kappa shape index (κ2) is 13.3. The van der Waals surface area contributed by atoms with Crippen LogP contribution in [0.3, 0.4) is 0 Å². The Balaban J connectivity index is 2.11. The van der Waals surface area contributed by atoms with E-state index in [-0.39, 0.29) is 23.8 Å². The first kappa shape index (κ1) is 26.9. The van der Waals surface area contributed by atoms with E-state index in [0.29, 0.717) is 35.1 Å². The molecule has 0 aliphatic heterocycles. The molecule has 35 heavy (non-hydrogen) atoms. The lowest BCUT2D eigenvalue weighted by molar-refractivity contribution is -0.142. The second-order valence-corrected chi connectivity index (χ2v) is 7.07. The zero-order valence-electron chi connectivity index (χ0n) is 18.9. The first-order valence-corrected chi connectivity index (χ1v) is 10.6. The number of allylic oxidation sites excluding steroid dienone is 6. The van der Waals surface area contributed by atoms with Crippen LogP contribution in [-0.2, 0) is 11.0 Å². The average molecular weight is 483 g/mol. The van der Waals surface area contributed by atoms with Gasteiger partial charge in [0.1, 0.15) is 5.69 Å². The molecule has 2 rings (SSSR count). The van der Waals surface area contributed by atoms with Gasteiger partial charge in [0.2, 0.25) is 5.91 Å². The van der Waals surface area contributed by atoms with Gasteiger partial charge in [-0.05, 0) is 37.1 Å². The zero-order chi connectivity index (χ0) is 25.7. The molecule has 3 N–H and O–H groups in total. The fourth-order valence-corrected chi connectivity index (χ4v) is 2.98. The quantitative estimate of drug-likeness (QED) is 0.273. The van der Waals surface area contributed by atoms with E-state index in [1.54, 1.807) is 24.3 Å². The van der Waals surface area contributed by atoms with Gasteiger partial charge in [-0.15, -0.1) is 0 Å². The van der Waals surface area contributed by atoms with Gasteiger partial charge in [-0.3, -0.25) is 9.78 Å². The van der Waals surface area contributed by atoms with Crippen molar-refractivity contribution in [1.82, 2.24) is 20.1 Å². The van der Waals surface area contributed by atoms with Gasteiger partial charge in [0.05, 0.1) is 23.9 Å². The highest BCUT2D eigenvalue weighted by Gasteiger charge is 2.36. The Hall–Kier alpha value is -4.39. The summed E-state index contributed by atoms with van der Waals surface area (Å²) in [5.41, 5.74) is 5.58. The molecule has 1 amide bonds. The van der Waals surface area contributed by atoms with Crippen molar-refractivity contribution in [2.45, 2.75) is 25.4 Å². The number of aromatic nitrogens is 3. The fourth-order valence-electron chi connectivity index (χ4n) is 2.98. The molecule has 10 heteroatoms. The van der Waals surface area contributed by atoms with Crippen LogP contribution >= 0.6 is 0 Å². The summed E-state index contributed by atoms with van der Waals surface area (Å²) in [4.78, 5) is 16.3. The van der Waals surface area contributed by atoms with Crippen molar-refractivity contribution >= 4 is 11.6 Å². The minimum absolute atomic E-state index is 0.0220. The molecular formula is C25H25F3N6O. The number of hydrogen-bond donors (Lipinski definition) is 2. The summed E-state index contributed by atoms with van der Waals surface area (Å²) in [6.45, 7) is 3.65. The van der Waals surface area contributed by atoms with E-state index >= 15 is 0 Å². The highest BCUT2D eigenvalue weighted by molar-refractivity contribution is 5.93. The lowest BCUT2D eigenvalue weighted by Crippen LogP contribution is -2.25. The molecule has 0 atom stereocenters. The van der Waals surface area contributed by atoms with E-state index in [2.05, 4.69) is 22.0 Å². The SMILES string of the molecule is C=C/C=C(\CC/C=C\CC#N)C(=O)NC/C=C\C(=C/N)n1nc(-c2cccnc2)cc1C(F)(F)F. The van der Waals surface area contributed by atoms with E-state index in [4.69, 9.17) is 11.0 Å². The Morgan fingerprint density at radius 1 is 1.31 bits per heavy atom. The number of nitrogens with zero attached hydrogens (tertiary/aromatic N) is 4. The third-order valence-corrected chi connectivity index (χ3v) is 4.61. The molecule has 2 aromatic heterocycles. The van der Waals surface area contributed by atoms with Crippen LogP contribution in [-0.4, -0.2) is 27.2 Å². The van der Waals surface area contributed by atoms with Crippen molar-refractivity contribution in [1.29, 1.82) is 5.26 Å². The summed E-state index contributed by atoms with van der Waals surface area (Å²) in [6, 6.07) is 6.12. The van der Waals surface area contributed by atoms with Gasteiger partial charge >= 0.3 is 6.18 Å². The van der Waals surface area contributed by atoms with E-state index < -0.39 is 11.9 Å². The van der Waals surface area contributed by atoms with E-state index in [9.17, 15) is 18.0 Å². The molecule has 0 saturated carbocycles. The Kier molecular flexibility index (Phi) is 10.2. The number of amides is 1. The maximum atomic E-state index is 13.6. The number of rotatable bonds is 11. The molecule has 0 spiro atoms. The second-order valence-electron chi connectivity index (χ2n) is 7.07. The predicted octanol–water partition coefficient (Wildman–Crippen LogP) is 4.76. The minimum atomic E-state index is -4.67. The number of alkyl halides is 3. The topological polar surface area (TPSA) is 110 Å². The normalized spacial score (nSPS) is 12.7. The van der Waals surface area contributed by atoms with Crippen LogP contribution in [0.15, 0.2) is 85.4 Å². The standard InChI is InChI=1S/C25H25F3N6O/c1-2-9-19(10-5-3-4-6-13-29)24(35)32-15-8-12-21(17-30)34-23(25(26,27)28)16-22(33-34)20-11-7-14-31-18-20/h2-4,7-9,11-12,14,16-18H,1,5-6,10,15,30H2,(H,32,35)/b4-3-,12-8-,19-9+,21-17+. The lowest BCUT2D eigenvalue weighted by Gasteiger charge is -2.10. The largest absolute Gasteiger partial charge is 0.433 e. The zero-order valence-corrected chi connectivity index (χ0v) is 18.9. The van der Waals surface area contributed by atoms with Crippen molar-refractivity contribution in [2.75, 3.05) is 6.54 Å². The van der Waals surface area contributed by atoms with Gasteiger partial charge < -0.3 is 11.1 Å². The molecule has 7 nitrogen and oxygen atoms in total. The maximum Gasteiger partial charge on any atom is 0.433 e. The number of nitrogens with one attached hydrogen (secondary N) is 1. The van der Waals surface area contributed by atoms with Crippen LogP contribution in [0, 0.1) is 11.3 Å². The van der Waals surface area contributed by atoms with E-state index in [1.807, 2.05) is 12.1 Å². The molecule has 0 aliphatic carbocycles. The summed E-state index contributed by atoms with van der Waals surface area (Å²) in [7, 11) is 0. The van der Waals surface area contributed by atoms with Crippen molar-refractivity contribution < 1.29 is 18.0 Å². The number of hydrogen-bond acceptors (Lipinski definition) is 5. The summed E-state index contributed by atoms with van der Waals surface area (Å²) >= 11 is 0. The number of pyridine rings is 1. The number of halogens is 3. The van der Waals surface area contributed by atoms with Crippen LogP contribution in [0.2, 0.25) is 0 Å². The van der Waals surface area contributed by atoms with Crippen LogP contribution < -0.4 is 11.1 Å². The summed E-state index contributed by atoms with van der Waals surface area (Å²) in [5, 5.41) is 15.3. The number of carbonyl (C=O) groups excluding carboxylic acids is 1. The van der Waals surface area contributed by atoms with Crippen molar-refractivity contribution in [3.8, 4) is 17.3 Å². The minimum Gasteiger partial charge on any atom is -0.403 e. The molecule has 0 aromatic carbocycles. The number of nitriles is 1. The molecule has 2 aromatic rings. The maximum absolute atomic E-state index is 13.6. The van der Waals surface area contributed by atoms with Gasteiger partial charge in [0.25, 0.3) is 0 Å². The molecule has 0 aliphatic rings. The van der Waals surface area contributed by atoms with Crippen LogP contribution in [0.25, 0.3) is 17.0 Å². The third-order valence-electron chi connectivity index (χ3n) is 4.61. The summed E-state index contributed by atoms with van der Waals surface area (Å²) in [6.07, 6.45) is 10.00. The first-order valence-electron chi connectivity index (χ1n) is 10.6. The van der Waals surface area contributed by atoms with Gasteiger partial charge in [-0.25, -0.2) is 4.68 Å². The van der Waals surface area contributed by atoms with Gasteiger partial charge in [0.15, 0.2) is 0 Å². The molecule has 182 valence electrons. The summed E-state index contributed by atoms with van der Waals surface area (Å²) in [5.74, 6) is -0.338. The fraction of sp³-hybridized carbons (Fsp3) is 0.200. The molecule has 0 bridgehead atoms. The Bertz CT molecular complexity index is 1170. The van der Waals surface area contributed by atoms with Crippen LogP contribution in [0.1, 0.15) is 25.0 Å². The summed E-state index contributed by atoms with van der Waals surface area (Å²) < 4.78 is 41.6. The molecule has 0 radical (unpaired) electrons. The van der Waals surface area contributed by atoms with Crippen LogP contribution in [0.5, 0.6) is 0 Å². The third kappa shape index (κ3) is 8.16. The van der Waals surface area contributed by atoms with Gasteiger partial charge in [-0.2, -0.15) is 23.5 Å². The Morgan fingerprint density at radius 3 is 2.74 bits per heavy atom. The molecule has 0 unspecified atom stereocenters. The van der Waals surface area contributed by atoms with E-state index in [1.165, 1.54) is 30.6 Å². The highest BCUT2D eigenvalue weighted by Crippen LogP contribution is 2.33. The van der Waals surface area contributed by atoms with Crippen molar-refractivity contribution in [3.63, 3.8) is 0 Å². The monoisotopic (exact) mass is 482 g/mol. The van der Waals surface area contributed by atoms with Gasteiger partial charge in [0, 0.05) is 36.3 Å². The molecule has 0 fully saturated rings. The van der Waals surface area contributed by atoms with Gasteiger partial charge in [-0.1, -0.05) is 37.0 Å². The Labute approximate surface area is 201 Å². The molecule has 2 heterocycles. The smallest absolute Gasteiger partial charge is 0.403 e. The first-order chi connectivity index (χ1) is 16.8. The van der Waals surface area contributed by atoms with Crippen molar-refractivity contribution in [3.05, 3.63) is 91.1 Å². The Morgan fingerprint density at radius 2 is 2.11 bits per heavy atom. The van der Waals surface area contributed by atoms with Crippen LogP contribution in [0.4, 0.5) is 13.2 Å². The number of carbonyl (C=O) groups is 1. The highest BCUT2D eigenvalue weighted by atomic mass is 19.4. The molecular weight excluding hydrogens is 457 g/mol. The van der Waals surface area contributed by atoms with Crippen molar-refractivity contribution in [2.24, 2.45) is 5.73 Å². The average Bonchev–Trinajstić information content (AvgIpc) is 3.30. The number of nitrogens with two attached hydrogens (primary N) is 1.